The van der Waals surface area contributed by atoms with Crippen LogP contribution in [0.1, 0.15) is 44.9 Å². The van der Waals surface area contributed by atoms with Gasteiger partial charge in [-0.05, 0) is 19.3 Å². The molecule has 1 nitrogen and oxygen atoms in total. The normalized spacial score (nSPS) is 30.2. The average Bonchev–Trinajstić information content (AvgIpc) is 2.04. The maximum absolute atomic E-state index is 11.2. The fourth-order valence-corrected chi connectivity index (χ4v) is 2.34. The molecule has 0 saturated heterocycles. The Labute approximate surface area is 61.8 Å². The lowest BCUT2D eigenvalue weighted by Gasteiger charge is -2.42. The molecule has 10 heavy (non-hydrogen) atoms. The third kappa shape index (κ3) is 0.727. The van der Waals surface area contributed by atoms with Crippen molar-refractivity contribution in [3.63, 3.8) is 0 Å². The molecule has 1 heteroatoms. The Balaban J connectivity index is 2.06. The van der Waals surface area contributed by atoms with Gasteiger partial charge in [0.15, 0.2) is 0 Å². The minimum atomic E-state index is 0.220. The molecule has 0 aromatic heterocycles. The molecule has 2 rings (SSSR count). The molecule has 0 N–H and O–H groups in total. The van der Waals surface area contributed by atoms with Gasteiger partial charge in [0.2, 0.25) is 0 Å². The highest BCUT2D eigenvalue weighted by Crippen LogP contribution is 2.48. The van der Waals surface area contributed by atoms with Crippen LogP contribution in [0.3, 0.4) is 0 Å². The second-order valence-electron chi connectivity index (χ2n) is 3.76. The number of ketones is 1. The second-order valence-corrected chi connectivity index (χ2v) is 3.76. The monoisotopic (exact) mass is 138 g/mol. The minimum absolute atomic E-state index is 0.220. The van der Waals surface area contributed by atoms with Gasteiger partial charge in [0, 0.05) is 11.8 Å². The SMILES string of the molecule is O=C1CCC12CCCCC2. The van der Waals surface area contributed by atoms with Crippen molar-refractivity contribution in [3.05, 3.63) is 0 Å². The molecule has 0 bridgehead atoms. The zero-order chi connectivity index (χ0) is 7.03. The molecule has 2 fully saturated rings. The highest BCUT2D eigenvalue weighted by molar-refractivity contribution is 5.90. The summed E-state index contributed by atoms with van der Waals surface area (Å²) in [7, 11) is 0. The van der Waals surface area contributed by atoms with Gasteiger partial charge in [-0.3, -0.25) is 4.79 Å². The largest absolute Gasteiger partial charge is 0.299 e. The molecular formula is C9H14O. The van der Waals surface area contributed by atoms with Gasteiger partial charge in [0.05, 0.1) is 0 Å². The predicted molar refractivity (Wildman–Crippen MR) is 39.8 cm³/mol. The van der Waals surface area contributed by atoms with Crippen LogP contribution in [0.15, 0.2) is 0 Å². The average molecular weight is 138 g/mol. The van der Waals surface area contributed by atoms with Gasteiger partial charge in [-0.25, -0.2) is 0 Å². The van der Waals surface area contributed by atoms with Crippen molar-refractivity contribution >= 4 is 5.78 Å². The molecule has 0 radical (unpaired) electrons. The zero-order valence-corrected chi connectivity index (χ0v) is 6.36. The lowest BCUT2D eigenvalue weighted by atomic mass is 9.60. The molecular weight excluding hydrogens is 124 g/mol. The Morgan fingerprint density at radius 1 is 1.00 bits per heavy atom. The fraction of sp³-hybridized carbons (Fsp3) is 0.889. The predicted octanol–water partition coefficient (Wildman–Crippen LogP) is 2.30. The van der Waals surface area contributed by atoms with E-state index in [1.54, 1.807) is 0 Å². The van der Waals surface area contributed by atoms with E-state index in [1.165, 1.54) is 38.5 Å². The van der Waals surface area contributed by atoms with Crippen molar-refractivity contribution in [2.45, 2.75) is 44.9 Å². The molecule has 1 spiro atoms. The van der Waals surface area contributed by atoms with Crippen molar-refractivity contribution in [2.24, 2.45) is 5.41 Å². The van der Waals surface area contributed by atoms with Crippen molar-refractivity contribution in [2.75, 3.05) is 0 Å². The quantitative estimate of drug-likeness (QED) is 0.502. The summed E-state index contributed by atoms with van der Waals surface area (Å²) < 4.78 is 0. The molecule has 0 heterocycles. The van der Waals surface area contributed by atoms with Gasteiger partial charge in [-0.15, -0.1) is 0 Å². The van der Waals surface area contributed by atoms with Crippen molar-refractivity contribution in [1.82, 2.24) is 0 Å². The number of carbonyl (C=O) groups is 1. The van der Waals surface area contributed by atoms with Crippen LogP contribution in [-0.4, -0.2) is 5.78 Å². The van der Waals surface area contributed by atoms with E-state index in [2.05, 4.69) is 0 Å². The Bertz CT molecular complexity index is 154. The van der Waals surface area contributed by atoms with Crippen LogP contribution in [0.4, 0.5) is 0 Å². The second kappa shape index (κ2) is 2.08. The van der Waals surface area contributed by atoms with E-state index >= 15 is 0 Å². The first-order chi connectivity index (χ1) is 4.83. The van der Waals surface area contributed by atoms with Crippen molar-refractivity contribution in [3.8, 4) is 0 Å². The Morgan fingerprint density at radius 3 is 2.00 bits per heavy atom. The van der Waals surface area contributed by atoms with E-state index in [0.717, 1.165) is 6.42 Å². The van der Waals surface area contributed by atoms with Gasteiger partial charge in [0.1, 0.15) is 5.78 Å². The fourth-order valence-electron chi connectivity index (χ4n) is 2.34. The van der Waals surface area contributed by atoms with Gasteiger partial charge >= 0.3 is 0 Å². The molecule has 2 aliphatic carbocycles. The molecule has 0 aromatic carbocycles. The number of hydrogen-bond donors (Lipinski definition) is 0. The third-order valence-corrected chi connectivity index (χ3v) is 3.23. The first kappa shape index (κ1) is 6.38. The minimum Gasteiger partial charge on any atom is -0.299 e. The van der Waals surface area contributed by atoms with Crippen LogP contribution in [0.2, 0.25) is 0 Å². The third-order valence-electron chi connectivity index (χ3n) is 3.23. The summed E-state index contributed by atoms with van der Waals surface area (Å²) in [6.45, 7) is 0. The van der Waals surface area contributed by atoms with E-state index in [0.29, 0.717) is 5.78 Å². The maximum atomic E-state index is 11.2. The first-order valence-electron chi connectivity index (χ1n) is 4.37. The maximum Gasteiger partial charge on any atom is 0.139 e. The number of rotatable bonds is 0. The Kier molecular flexibility index (Phi) is 1.33. The molecule has 56 valence electrons. The van der Waals surface area contributed by atoms with E-state index < -0.39 is 0 Å². The molecule has 0 unspecified atom stereocenters. The molecule has 0 aromatic rings. The van der Waals surface area contributed by atoms with E-state index in [1.807, 2.05) is 0 Å². The summed E-state index contributed by atoms with van der Waals surface area (Å²) >= 11 is 0. The van der Waals surface area contributed by atoms with Crippen molar-refractivity contribution < 1.29 is 4.79 Å². The summed E-state index contributed by atoms with van der Waals surface area (Å²) in [5.74, 6) is 0.562. The van der Waals surface area contributed by atoms with E-state index in [9.17, 15) is 4.79 Å². The molecule has 2 saturated carbocycles. The topological polar surface area (TPSA) is 17.1 Å². The van der Waals surface area contributed by atoms with Gasteiger partial charge in [-0.1, -0.05) is 19.3 Å². The number of Topliss-reactive ketones (excluding diaryl/α,β-unsaturated/α-hetero) is 1. The smallest absolute Gasteiger partial charge is 0.139 e. The molecule has 2 aliphatic rings. The van der Waals surface area contributed by atoms with Gasteiger partial charge in [0.25, 0.3) is 0 Å². The lowest BCUT2D eigenvalue weighted by Crippen LogP contribution is -2.42. The first-order valence-corrected chi connectivity index (χ1v) is 4.37. The molecule has 0 atom stereocenters. The van der Waals surface area contributed by atoms with E-state index in [4.69, 9.17) is 0 Å². The van der Waals surface area contributed by atoms with Gasteiger partial charge < -0.3 is 0 Å². The summed E-state index contributed by atoms with van der Waals surface area (Å²) in [6.07, 6.45) is 8.43. The number of hydrogen-bond acceptors (Lipinski definition) is 1. The van der Waals surface area contributed by atoms with Crippen LogP contribution in [0, 0.1) is 5.41 Å². The lowest BCUT2D eigenvalue weighted by molar-refractivity contribution is -0.140. The zero-order valence-electron chi connectivity index (χ0n) is 6.36. The highest BCUT2D eigenvalue weighted by Gasteiger charge is 2.45. The van der Waals surface area contributed by atoms with Crippen LogP contribution in [0.25, 0.3) is 0 Å². The molecule has 0 amide bonds. The van der Waals surface area contributed by atoms with Crippen molar-refractivity contribution in [1.29, 1.82) is 0 Å². The number of carbonyl (C=O) groups excluding carboxylic acids is 1. The Morgan fingerprint density at radius 2 is 1.70 bits per heavy atom. The van der Waals surface area contributed by atoms with Crippen LogP contribution >= 0.6 is 0 Å². The summed E-state index contributed by atoms with van der Waals surface area (Å²) in [4.78, 5) is 11.2. The van der Waals surface area contributed by atoms with Crippen LogP contribution in [0.5, 0.6) is 0 Å². The summed E-state index contributed by atoms with van der Waals surface area (Å²) in [5.41, 5.74) is 0.220. The highest BCUT2D eigenvalue weighted by atomic mass is 16.1. The standard InChI is InChI=1S/C9H14O/c10-8-4-7-9(8)5-2-1-3-6-9/h1-7H2. The molecule has 0 aliphatic heterocycles. The van der Waals surface area contributed by atoms with E-state index in [-0.39, 0.29) is 5.41 Å². The van der Waals surface area contributed by atoms with Gasteiger partial charge in [-0.2, -0.15) is 0 Å². The van der Waals surface area contributed by atoms with Crippen LogP contribution in [-0.2, 0) is 4.79 Å². The summed E-state index contributed by atoms with van der Waals surface area (Å²) in [6, 6.07) is 0. The Hall–Kier alpha value is -0.330. The van der Waals surface area contributed by atoms with Crippen LogP contribution < -0.4 is 0 Å². The summed E-state index contributed by atoms with van der Waals surface area (Å²) in [5, 5.41) is 0.